The van der Waals surface area contributed by atoms with Gasteiger partial charge in [-0.3, -0.25) is 0 Å². The van der Waals surface area contributed by atoms with Gasteiger partial charge in [0.25, 0.3) is 0 Å². The summed E-state index contributed by atoms with van der Waals surface area (Å²) in [4.78, 5) is 0. The van der Waals surface area contributed by atoms with Gasteiger partial charge in [0.15, 0.2) is 0 Å². The summed E-state index contributed by atoms with van der Waals surface area (Å²) in [6.45, 7) is 2.00. The van der Waals surface area contributed by atoms with Crippen LogP contribution in [0.25, 0.3) is 0 Å². The summed E-state index contributed by atoms with van der Waals surface area (Å²) in [7, 11) is -3.27. The molecule has 2 N–H and O–H groups in total. The largest absolute Gasteiger partial charge is 0.229 e. The molecule has 1 saturated carbocycles. The standard InChI is InChI=1S/C9H19NO2S/c1-8(7-13(10,11)12)9-5-3-2-4-6-9/h8-9H,2-7H2,1H3,(H2,10,11,12). The molecule has 78 valence electrons. The van der Waals surface area contributed by atoms with Gasteiger partial charge in [-0.1, -0.05) is 39.0 Å². The Labute approximate surface area is 80.8 Å². The van der Waals surface area contributed by atoms with Crippen LogP contribution in [0.3, 0.4) is 0 Å². The van der Waals surface area contributed by atoms with Crippen LogP contribution in [-0.2, 0) is 10.0 Å². The Morgan fingerprint density at radius 2 is 1.85 bits per heavy atom. The Morgan fingerprint density at radius 3 is 2.31 bits per heavy atom. The maximum Gasteiger partial charge on any atom is 0.209 e. The normalized spacial score (nSPS) is 22.9. The fraction of sp³-hybridized carbons (Fsp3) is 1.00. The molecule has 1 aliphatic rings. The number of rotatable bonds is 3. The summed E-state index contributed by atoms with van der Waals surface area (Å²) in [5.41, 5.74) is 0. The third-order valence-corrected chi connectivity index (χ3v) is 3.94. The highest BCUT2D eigenvalue weighted by molar-refractivity contribution is 7.89. The summed E-state index contributed by atoms with van der Waals surface area (Å²) in [6.07, 6.45) is 6.16. The molecule has 0 aromatic carbocycles. The van der Waals surface area contributed by atoms with Crippen LogP contribution in [0.5, 0.6) is 0 Å². The molecule has 3 nitrogen and oxygen atoms in total. The minimum absolute atomic E-state index is 0.150. The first-order valence-electron chi connectivity index (χ1n) is 4.99. The van der Waals surface area contributed by atoms with Gasteiger partial charge in [0, 0.05) is 0 Å². The van der Waals surface area contributed by atoms with Crippen molar-refractivity contribution in [2.75, 3.05) is 5.75 Å². The van der Waals surface area contributed by atoms with Crippen molar-refractivity contribution in [1.29, 1.82) is 0 Å². The molecule has 1 rings (SSSR count). The predicted octanol–water partition coefficient (Wildman–Crippen LogP) is 1.49. The zero-order chi connectivity index (χ0) is 9.90. The summed E-state index contributed by atoms with van der Waals surface area (Å²) in [6, 6.07) is 0. The predicted molar refractivity (Wildman–Crippen MR) is 53.7 cm³/mol. The smallest absolute Gasteiger partial charge is 0.209 e. The lowest BCUT2D eigenvalue weighted by molar-refractivity contribution is 0.280. The van der Waals surface area contributed by atoms with Crippen molar-refractivity contribution in [3.63, 3.8) is 0 Å². The molecule has 1 aliphatic carbocycles. The number of hydrogen-bond donors (Lipinski definition) is 1. The van der Waals surface area contributed by atoms with E-state index in [9.17, 15) is 8.42 Å². The molecule has 1 unspecified atom stereocenters. The summed E-state index contributed by atoms with van der Waals surface area (Å²) in [5.74, 6) is 0.958. The SMILES string of the molecule is CC(CS(N)(=O)=O)C1CCCCC1. The molecule has 1 atom stereocenters. The second-order valence-corrected chi connectivity index (χ2v) is 5.86. The van der Waals surface area contributed by atoms with Crippen LogP contribution in [0.1, 0.15) is 39.0 Å². The summed E-state index contributed by atoms with van der Waals surface area (Å²) < 4.78 is 21.7. The van der Waals surface area contributed by atoms with Crippen molar-refractivity contribution in [3.05, 3.63) is 0 Å². The van der Waals surface area contributed by atoms with Crippen molar-refractivity contribution < 1.29 is 8.42 Å². The van der Waals surface area contributed by atoms with Crippen LogP contribution in [0, 0.1) is 11.8 Å². The number of primary sulfonamides is 1. The highest BCUT2D eigenvalue weighted by atomic mass is 32.2. The lowest BCUT2D eigenvalue weighted by atomic mass is 9.82. The summed E-state index contributed by atoms with van der Waals surface area (Å²) >= 11 is 0. The van der Waals surface area contributed by atoms with Crippen molar-refractivity contribution in [2.45, 2.75) is 39.0 Å². The van der Waals surface area contributed by atoms with Crippen LogP contribution in [-0.4, -0.2) is 14.2 Å². The quantitative estimate of drug-likeness (QED) is 0.759. The average molecular weight is 205 g/mol. The molecule has 13 heavy (non-hydrogen) atoms. The maximum absolute atomic E-state index is 10.9. The molecular weight excluding hydrogens is 186 g/mol. The fourth-order valence-corrected chi connectivity index (χ4v) is 3.21. The number of sulfonamides is 1. The van der Waals surface area contributed by atoms with E-state index in [-0.39, 0.29) is 11.7 Å². The van der Waals surface area contributed by atoms with Gasteiger partial charge >= 0.3 is 0 Å². The van der Waals surface area contributed by atoms with Crippen molar-refractivity contribution in [1.82, 2.24) is 0 Å². The fourth-order valence-electron chi connectivity index (χ4n) is 2.21. The van der Waals surface area contributed by atoms with E-state index in [0.717, 1.165) is 0 Å². The molecule has 1 fully saturated rings. The van der Waals surface area contributed by atoms with Crippen molar-refractivity contribution in [2.24, 2.45) is 17.0 Å². The van der Waals surface area contributed by atoms with Gasteiger partial charge < -0.3 is 0 Å². The Bertz CT molecular complexity index is 242. The van der Waals surface area contributed by atoms with Gasteiger partial charge in [-0.05, 0) is 11.8 Å². The lowest BCUT2D eigenvalue weighted by Crippen LogP contribution is -2.27. The van der Waals surface area contributed by atoms with Crippen molar-refractivity contribution in [3.8, 4) is 0 Å². The van der Waals surface area contributed by atoms with Gasteiger partial charge in [0.2, 0.25) is 10.0 Å². The van der Waals surface area contributed by atoms with Crippen LogP contribution in [0.4, 0.5) is 0 Å². The van der Waals surface area contributed by atoms with Crippen LogP contribution < -0.4 is 5.14 Å². The molecule has 0 aliphatic heterocycles. The molecule has 0 spiro atoms. The van der Waals surface area contributed by atoms with E-state index in [4.69, 9.17) is 5.14 Å². The van der Waals surface area contributed by atoms with Crippen LogP contribution >= 0.6 is 0 Å². The van der Waals surface area contributed by atoms with E-state index in [1.807, 2.05) is 6.92 Å². The van der Waals surface area contributed by atoms with Gasteiger partial charge in [-0.15, -0.1) is 0 Å². The van der Waals surface area contributed by atoms with Gasteiger partial charge in [0.1, 0.15) is 0 Å². The molecule has 0 aromatic rings. The molecular formula is C9H19NO2S. The first-order chi connectivity index (χ1) is 5.99. The highest BCUT2D eigenvalue weighted by Crippen LogP contribution is 2.30. The average Bonchev–Trinajstić information content (AvgIpc) is 2.03. The molecule has 0 heterocycles. The monoisotopic (exact) mass is 205 g/mol. The molecule has 0 radical (unpaired) electrons. The van der Waals surface area contributed by atoms with E-state index in [0.29, 0.717) is 5.92 Å². The molecule has 0 aromatic heterocycles. The van der Waals surface area contributed by atoms with Crippen LogP contribution in [0.15, 0.2) is 0 Å². The molecule has 4 heteroatoms. The number of nitrogens with two attached hydrogens (primary N) is 1. The zero-order valence-electron chi connectivity index (χ0n) is 8.20. The first kappa shape index (κ1) is 11.0. The third kappa shape index (κ3) is 4.09. The summed E-state index contributed by atoms with van der Waals surface area (Å²) in [5, 5.41) is 5.02. The molecule has 0 amide bonds. The Balaban J connectivity index is 2.42. The van der Waals surface area contributed by atoms with Crippen LogP contribution in [0.2, 0.25) is 0 Å². The topological polar surface area (TPSA) is 60.2 Å². The van der Waals surface area contributed by atoms with E-state index in [2.05, 4.69) is 0 Å². The number of hydrogen-bond acceptors (Lipinski definition) is 2. The third-order valence-electron chi connectivity index (χ3n) is 2.95. The van der Waals surface area contributed by atoms with Gasteiger partial charge in [-0.25, -0.2) is 13.6 Å². The highest BCUT2D eigenvalue weighted by Gasteiger charge is 2.22. The zero-order valence-corrected chi connectivity index (χ0v) is 9.02. The first-order valence-corrected chi connectivity index (χ1v) is 6.71. The Morgan fingerprint density at radius 1 is 1.31 bits per heavy atom. The van der Waals surface area contributed by atoms with Gasteiger partial charge in [-0.2, -0.15) is 0 Å². The van der Waals surface area contributed by atoms with E-state index >= 15 is 0 Å². The Hall–Kier alpha value is -0.0900. The lowest BCUT2D eigenvalue weighted by Gasteiger charge is -2.26. The molecule has 0 saturated heterocycles. The van der Waals surface area contributed by atoms with Gasteiger partial charge in [0.05, 0.1) is 5.75 Å². The van der Waals surface area contributed by atoms with E-state index in [1.54, 1.807) is 0 Å². The maximum atomic E-state index is 10.9. The minimum atomic E-state index is -3.27. The minimum Gasteiger partial charge on any atom is -0.229 e. The van der Waals surface area contributed by atoms with E-state index < -0.39 is 10.0 Å². The second kappa shape index (κ2) is 4.42. The molecule has 0 bridgehead atoms. The Kier molecular flexibility index (Phi) is 3.74. The van der Waals surface area contributed by atoms with E-state index in [1.165, 1.54) is 32.1 Å². The second-order valence-electron chi connectivity index (χ2n) is 4.20. The van der Waals surface area contributed by atoms with Crippen molar-refractivity contribution >= 4 is 10.0 Å².